The van der Waals surface area contributed by atoms with Gasteiger partial charge < -0.3 is 19.6 Å². The lowest BCUT2D eigenvalue weighted by Gasteiger charge is -2.52. The third-order valence-electron chi connectivity index (χ3n) is 6.86. The quantitative estimate of drug-likeness (QED) is 0.607. The third kappa shape index (κ3) is 5.12. The number of hydrogen-bond acceptors (Lipinski definition) is 6. The number of ether oxygens (including phenoxy) is 1. The molecule has 186 valence electrons. The number of alkyl halides is 3. The molecule has 0 aromatic heterocycles. The van der Waals surface area contributed by atoms with Gasteiger partial charge in [-0.15, -0.1) is 13.2 Å². The number of fused-ring (bicyclic) bond motifs is 1. The number of amides is 2. The fourth-order valence-electron chi connectivity index (χ4n) is 5.09. The fraction of sp³-hybridized carbons (Fsp3) is 0.591. The molecule has 3 aliphatic heterocycles. The van der Waals surface area contributed by atoms with Crippen LogP contribution in [0.4, 0.5) is 13.2 Å². The number of likely N-dealkylation sites (N-methyl/N-ethyl adjacent to an activating group) is 1. The second-order valence-electron chi connectivity index (χ2n) is 9.02. The summed E-state index contributed by atoms with van der Waals surface area (Å²) in [5, 5.41) is 12.6. The van der Waals surface area contributed by atoms with E-state index >= 15 is 0 Å². The predicted octanol–water partition coefficient (Wildman–Crippen LogP) is 1.24. The van der Waals surface area contributed by atoms with Crippen molar-refractivity contribution in [3.8, 4) is 5.75 Å². The average molecular weight is 484 g/mol. The molecule has 4 rings (SSSR count). The van der Waals surface area contributed by atoms with Crippen molar-refractivity contribution in [1.29, 1.82) is 0 Å². The summed E-state index contributed by atoms with van der Waals surface area (Å²) in [5.41, 5.74) is 0.840. The number of piperidine rings is 2. The number of aliphatic carboxylic acids is 1. The van der Waals surface area contributed by atoms with Gasteiger partial charge >= 0.3 is 24.1 Å². The van der Waals surface area contributed by atoms with Crippen molar-refractivity contribution in [3.05, 3.63) is 29.8 Å². The molecule has 2 N–H and O–H groups in total. The average Bonchev–Trinajstić information content (AvgIpc) is 2.79. The Morgan fingerprint density at radius 3 is 2.38 bits per heavy atom. The molecule has 0 spiro atoms. The number of nitrogens with one attached hydrogen (secondary N) is 1. The fourth-order valence-corrected chi connectivity index (χ4v) is 5.09. The highest BCUT2D eigenvalue weighted by atomic mass is 19.4. The maximum atomic E-state index is 12.9. The normalized spacial score (nSPS) is 27.0. The Balaban J connectivity index is 1.37. The zero-order valence-electron chi connectivity index (χ0n) is 18.6. The maximum Gasteiger partial charge on any atom is 0.573 e. The van der Waals surface area contributed by atoms with Gasteiger partial charge in [-0.05, 0) is 37.0 Å². The number of nitrogens with zero attached hydrogens (tertiary/aromatic N) is 3. The van der Waals surface area contributed by atoms with Crippen LogP contribution in [0.15, 0.2) is 24.3 Å². The number of likely N-dealkylation sites (tertiary alicyclic amines) is 1. The van der Waals surface area contributed by atoms with E-state index in [2.05, 4.69) is 15.0 Å². The lowest BCUT2D eigenvalue weighted by atomic mass is 9.88. The molecule has 34 heavy (non-hydrogen) atoms. The van der Waals surface area contributed by atoms with E-state index in [0.29, 0.717) is 32.5 Å². The highest BCUT2D eigenvalue weighted by Crippen LogP contribution is 2.31. The molecule has 3 aliphatic rings. The van der Waals surface area contributed by atoms with Crippen molar-refractivity contribution in [2.75, 3.05) is 26.7 Å². The number of benzene rings is 1. The number of hydrogen-bond donors (Lipinski definition) is 2. The Morgan fingerprint density at radius 1 is 1.15 bits per heavy atom. The van der Waals surface area contributed by atoms with Gasteiger partial charge in [-0.1, -0.05) is 12.1 Å². The van der Waals surface area contributed by atoms with Gasteiger partial charge in [-0.25, -0.2) is 0 Å². The molecule has 3 atom stereocenters. The highest BCUT2D eigenvalue weighted by molar-refractivity contribution is 6.35. The number of piperazine rings is 1. The van der Waals surface area contributed by atoms with Gasteiger partial charge in [0.25, 0.3) is 0 Å². The molecule has 3 heterocycles. The van der Waals surface area contributed by atoms with Gasteiger partial charge in [0.05, 0.1) is 12.0 Å². The minimum atomic E-state index is -4.73. The van der Waals surface area contributed by atoms with Crippen molar-refractivity contribution in [3.63, 3.8) is 0 Å². The number of carboxylic acid groups (broad SMARTS) is 1. The number of rotatable bonds is 5. The summed E-state index contributed by atoms with van der Waals surface area (Å²) in [7, 11) is 1.54. The summed E-state index contributed by atoms with van der Waals surface area (Å²) in [5.74, 6) is -3.03. The molecule has 9 nitrogen and oxygen atoms in total. The van der Waals surface area contributed by atoms with Crippen LogP contribution in [0.3, 0.4) is 0 Å². The van der Waals surface area contributed by atoms with E-state index < -0.39 is 42.3 Å². The molecule has 3 saturated heterocycles. The molecule has 0 aliphatic carbocycles. The van der Waals surface area contributed by atoms with Crippen molar-refractivity contribution >= 4 is 17.8 Å². The number of carbonyl (C=O) groups is 3. The molecule has 0 bridgehead atoms. The van der Waals surface area contributed by atoms with Crippen molar-refractivity contribution in [2.24, 2.45) is 5.92 Å². The number of halogens is 3. The van der Waals surface area contributed by atoms with Crippen LogP contribution in [0.5, 0.6) is 5.75 Å². The smallest absolute Gasteiger partial charge is 0.481 e. The third-order valence-corrected chi connectivity index (χ3v) is 6.86. The van der Waals surface area contributed by atoms with Crippen LogP contribution in [-0.2, 0) is 20.9 Å². The van der Waals surface area contributed by atoms with Crippen molar-refractivity contribution < 1.29 is 37.4 Å². The number of carboxylic acids is 1. The van der Waals surface area contributed by atoms with Crippen LogP contribution in [0.25, 0.3) is 0 Å². The van der Waals surface area contributed by atoms with E-state index in [0.717, 1.165) is 5.56 Å². The second-order valence-corrected chi connectivity index (χ2v) is 9.02. The minimum Gasteiger partial charge on any atom is -0.481 e. The largest absolute Gasteiger partial charge is 0.573 e. The molecular weight excluding hydrogens is 457 g/mol. The van der Waals surface area contributed by atoms with Crippen LogP contribution in [-0.4, -0.2) is 88.9 Å². The van der Waals surface area contributed by atoms with Gasteiger partial charge in [0.2, 0.25) is 0 Å². The summed E-state index contributed by atoms with van der Waals surface area (Å²) in [6, 6.07) is 5.17. The Labute approximate surface area is 194 Å². The van der Waals surface area contributed by atoms with Gasteiger partial charge in [0.1, 0.15) is 11.9 Å². The first-order valence-corrected chi connectivity index (χ1v) is 11.2. The van der Waals surface area contributed by atoms with Crippen LogP contribution >= 0.6 is 0 Å². The van der Waals surface area contributed by atoms with Gasteiger partial charge in [0, 0.05) is 39.3 Å². The van der Waals surface area contributed by atoms with Crippen LogP contribution < -0.4 is 10.1 Å². The first-order valence-electron chi connectivity index (χ1n) is 11.2. The Morgan fingerprint density at radius 2 is 1.79 bits per heavy atom. The van der Waals surface area contributed by atoms with E-state index in [-0.39, 0.29) is 24.8 Å². The minimum absolute atomic E-state index is 0.162. The lowest BCUT2D eigenvalue weighted by Crippen LogP contribution is -2.73. The van der Waals surface area contributed by atoms with Crippen LogP contribution in [0, 0.1) is 5.92 Å². The highest BCUT2D eigenvalue weighted by Gasteiger charge is 2.50. The van der Waals surface area contributed by atoms with E-state index in [1.165, 1.54) is 24.1 Å². The van der Waals surface area contributed by atoms with Gasteiger partial charge in [-0.2, -0.15) is 0 Å². The molecule has 0 saturated carbocycles. The first kappa shape index (κ1) is 24.3. The van der Waals surface area contributed by atoms with Crippen molar-refractivity contribution in [1.82, 2.24) is 20.0 Å². The number of carbonyl (C=O) groups excluding carboxylic acids is 2. The molecule has 3 fully saturated rings. The van der Waals surface area contributed by atoms with E-state index in [1.807, 2.05) is 0 Å². The Bertz CT molecular complexity index is 933. The predicted molar refractivity (Wildman–Crippen MR) is 112 cm³/mol. The van der Waals surface area contributed by atoms with Crippen molar-refractivity contribution in [2.45, 2.75) is 50.4 Å². The van der Waals surface area contributed by atoms with Gasteiger partial charge in [0.15, 0.2) is 0 Å². The van der Waals surface area contributed by atoms with Gasteiger partial charge in [-0.3, -0.25) is 24.6 Å². The summed E-state index contributed by atoms with van der Waals surface area (Å²) in [4.78, 5) is 42.0. The summed E-state index contributed by atoms with van der Waals surface area (Å²) < 4.78 is 40.9. The summed E-state index contributed by atoms with van der Waals surface area (Å²) >= 11 is 0. The van der Waals surface area contributed by atoms with E-state index in [1.54, 1.807) is 17.0 Å². The summed E-state index contributed by atoms with van der Waals surface area (Å²) in [6.45, 7) is 2.07. The second kappa shape index (κ2) is 9.41. The SMILES string of the molecule is CN1C(=O)C(=O)N(C2CCN(Cc3ccc(OC(F)(F)F)cc3)CC2)C2NCC(C(=O)O)CC21. The first-order chi connectivity index (χ1) is 16.0. The zero-order valence-corrected chi connectivity index (χ0v) is 18.6. The topological polar surface area (TPSA) is 102 Å². The van der Waals surface area contributed by atoms with E-state index in [9.17, 15) is 32.7 Å². The molecule has 2 amide bonds. The Hall–Kier alpha value is -2.86. The van der Waals surface area contributed by atoms with Crippen LogP contribution in [0.2, 0.25) is 0 Å². The molecule has 0 radical (unpaired) electrons. The molecule has 3 unspecified atom stereocenters. The van der Waals surface area contributed by atoms with E-state index in [4.69, 9.17) is 0 Å². The molecule has 1 aromatic rings. The van der Waals surface area contributed by atoms with Crippen LogP contribution in [0.1, 0.15) is 24.8 Å². The molecule has 1 aromatic carbocycles. The molecule has 12 heteroatoms. The lowest BCUT2D eigenvalue weighted by molar-refractivity contribution is -0.274. The standard InChI is InChI=1S/C22H27F3N4O5/c1-27-17-10-14(21(32)33)11-26-18(17)29(20(31)19(27)30)15-6-8-28(9-7-15)12-13-2-4-16(5-3-13)34-22(23,24)25/h2-5,14-15,17-18,26H,6-12H2,1H3,(H,32,33). The summed E-state index contributed by atoms with van der Waals surface area (Å²) in [6.07, 6.45) is -3.61. The maximum absolute atomic E-state index is 12.9. The molecular formula is C22H27F3N4O5. The Kier molecular flexibility index (Phi) is 6.72. The monoisotopic (exact) mass is 484 g/mol. The zero-order chi connectivity index (χ0) is 24.6.